The van der Waals surface area contributed by atoms with Crippen LogP contribution < -0.4 is 0 Å². The normalized spacial score (nSPS) is 11.9. The summed E-state index contributed by atoms with van der Waals surface area (Å²) in [4.78, 5) is 0. The quantitative estimate of drug-likeness (QED) is 0.137. The summed E-state index contributed by atoms with van der Waals surface area (Å²) >= 11 is 0. The van der Waals surface area contributed by atoms with Crippen molar-refractivity contribution in [3.63, 3.8) is 0 Å². The topological polar surface area (TPSA) is 46.0 Å². The molecule has 18 aromatic carbocycles. The van der Waals surface area contributed by atoms with Crippen LogP contribution in [0.15, 0.2) is 421 Å². The minimum atomic E-state index is 0.901. The van der Waals surface area contributed by atoms with E-state index in [0.717, 1.165) is 94.1 Å². The molecular formula is C108H68N4O2. The van der Waals surface area contributed by atoms with Gasteiger partial charge in [-0.3, -0.25) is 0 Å². The molecule has 532 valence electrons. The van der Waals surface area contributed by atoms with Crippen LogP contribution in [0.5, 0.6) is 0 Å². The maximum Gasteiger partial charge on any atom is 0.145 e. The smallest absolute Gasteiger partial charge is 0.145 e. The SMILES string of the molecule is c1ccc(-c2ccc(-n3c4ccccc4c4cc(-c5ccc6c(c5)c5c7c(ccc5n6-c5ccc(-c6ccccc6)cc5)oc5ccccc57)ccc43)cc2)cc1.c1ccc(-c2ccc(-n3c4ccccc4c4cc(-c5ccc6c(c5)c5c7oc8ccccc8c7ccc5n6-c5ccc(-c6ccccc6)cc5)ccc43)cc2)cc1. The monoisotopic (exact) mass is 1450 g/mol. The average molecular weight is 1450 g/mol. The van der Waals surface area contributed by atoms with Crippen molar-refractivity contribution in [3.05, 3.63) is 413 Å². The molecule has 0 saturated heterocycles. The number of hydrogen-bond acceptors (Lipinski definition) is 2. The highest BCUT2D eigenvalue weighted by atomic mass is 16.3. The predicted octanol–water partition coefficient (Wildman–Crippen LogP) is 29.6. The third-order valence-electron chi connectivity index (χ3n) is 23.5. The van der Waals surface area contributed by atoms with Crippen LogP contribution in [0.25, 0.3) is 221 Å². The molecule has 0 radical (unpaired) electrons. The summed E-state index contributed by atoms with van der Waals surface area (Å²) in [5, 5.41) is 14.2. The molecule has 0 unspecified atom stereocenters. The van der Waals surface area contributed by atoms with E-state index in [1.54, 1.807) is 0 Å². The lowest BCUT2D eigenvalue weighted by atomic mass is 9.99. The van der Waals surface area contributed by atoms with Gasteiger partial charge in [-0.25, -0.2) is 0 Å². The summed E-state index contributed by atoms with van der Waals surface area (Å²) < 4.78 is 22.7. The van der Waals surface area contributed by atoms with Crippen molar-refractivity contribution in [2.24, 2.45) is 0 Å². The number of hydrogen-bond donors (Lipinski definition) is 0. The maximum atomic E-state index is 6.71. The number of nitrogens with zero attached hydrogens (tertiary/aromatic N) is 4. The molecule has 6 nitrogen and oxygen atoms in total. The van der Waals surface area contributed by atoms with E-state index in [1.807, 2.05) is 12.1 Å². The zero-order chi connectivity index (χ0) is 74.9. The molecule has 6 heterocycles. The van der Waals surface area contributed by atoms with Crippen molar-refractivity contribution in [2.75, 3.05) is 0 Å². The molecule has 0 aliphatic rings. The first-order chi connectivity index (χ1) is 56.5. The van der Waals surface area contributed by atoms with Gasteiger partial charge in [0, 0.05) is 82.0 Å². The molecule has 6 aromatic heterocycles. The van der Waals surface area contributed by atoms with Gasteiger partial charge in [0.1, 0.15) is 22.3 Å². The molecule has 0 saturated carbocycles. The Hall–Kier alpha value is -15.2. The lowest BCUT2D eigenvalue weighted by molar-refractivity contribution is 0.669. The second-order valence-corrected chi connectivity index (χ2v) is 29.8. The summed E-state index contributed by atoms with van der Waals surface area (Å²) in [7, 11) is 0. The van der Waals surface area contributed by atoms with Crippen molar-refractivity contribution in [1.29, 1.82) is 0 Å². The van der Waals surface area contributed by atoms with Gasteiger partial charge in [-0.05, 0) is 212 Å². The van der Waals surface area contributed by atoms with E-state index in [2.05, 4.69) is 419 Å². The highest BCUT2D eigenvalue weighted by molar-refractivity contribution is 6.28. The first-order valence-electron chi connectivity index (χ1n) is 39.0. The fourth-order valence-corrected chi connectivity index (χ4v) is 18.1. The van der Waals surface area contributed by atoms with Crippen LogP contribution in [0.2, 0.25) is 0 Å². The van der Waals surface area contributed by atoms with E-state index in [0.29, 0.717) is 0 Å². The van der Waals surface area contributed by atoms with Gasteiger partial charge in [0.15, 0.2) is 0 Å². The Bertz CT molecular complexity index is 7890. The van der Waals surface area contributed by atoms with Gasteiger partial charge in [0.2, 0.25) is 0 Å². The molecule has 0 aliphatic heterocycles. The van der Waals surface area contributed by atoms with Crippen LogP contribution in [-0.4, -0.2) is 18.3 Å². The Balaban J connectivity index is 0.000000135. The Morgan fingerprint density at radius 2 is 0.421 bits per heavy atom. The standard InChI is InChI=1S/2C54H34N2O/c1-3-11-35(12-4-1)37-19-25-41(26-20-37)55-48-17-9-7-15-43(48)46-33-39(23-30-49(46)55)40-24-31-50-47(34-40)53-51(32-29-45-44-16-8-10-18-52(44)57-54(45)53)56(50)42-27-21-38(22-28-42)36-13-5-2-6-14-36;1-3-11-35(12-4-1)37-19-25-41(26-20-37)55-47-17-9-7-15-43(47)45-33-39(23-29-48(45)55)40-24-30-49-46(34-40)53-50(31-32-52-54(53)44-16-8-10-18-51(44)57-52)56(49)42-27-21-38(22-28-42)36-13-5-2-6-14-36/h2*1-34H. The van der Waals surface area contributed by atoms with Crippen LogP contribution in [0, 0.1) is 0 Å². The summed E-state index contributed by atoms with van der Waals surface area (Å²) in [6, 6.07) is 149. The van der Waals surface area contributed by atoms with Gasteiger partial charge in [-0.15, -0.1) is 0 Å². The van der Waals surface area contributed by atoms with Gasteiger partial charge in [-0.2, -0.15) is 0 Å². The lowest BCUT2D eigenvalue weighted by Crippen LogP contribution is -1.94. The summed E-state index contributed by atoms with van der Waals surface area (Å²) in [6.45, 7) is 0. The van der Waals surface area contributed by atoms with Gasteiger partial charge < -0.3 is 27.1 Å². The second kappa shape index (κ2) is 26.2. The number of fused-ring (bicyclic) bond motifs is 20. The van der Waals surface area contributed by atoms with Gasteiger partial charge in [0.05, 0.1) is 49.5 Å². The molecule has 0 aliphatic carbocycles. The number of para-hydroxylation sites is 4. The van der Waals surface area contributed by atoms with Crippen molar-refractivity contribution >= 4 is 131 Å². The third kappa shape index (κ3) is 10.5. The molecular weight excluding hydrogens is 1390 g/mol. The second-order valence-electron chi connectivity index (χ2n) is 29.8. The van der Waals surface area contributed by atoms with Crippen LogP contribution in [0.4, 0.5) is 0 Å². The summed E-state index contributed by atoms with van der Waals surface area (Å²) in [5.74, 6) is 0. The summed E-state index contributed by atoms with van der Waals surface area (Å²) in [6.07, 6.45) is 0. The van der Waals surface area contributed by atoms with Crippen LogP contribution in [0.1, 0.15) is 0 Å². The molecule has 0 fully saturated rings. The number of benzene rings is 18. The van der Waals surface area contributed by atoms with Crippen molar-refractivity contribution in [1.82, 2.24) is 18.3 Å². The Morgan fingerprint density at radius 3 is 0.842 bits per heavy atom. The zero-order valence-electron chi connectivity index (χ0n) is 61.9. The van der Waals surface area contributed by atoms with Gasteiger partial charge in [0.25, 0.3) is 0 Å². The van der Waals surface area contributed by atoms with Crippen molar-refractivity contribution < 1.29 is 8.83 Å². The van der Waals surface area contributed by atoms with Crippen LogP contribution in [0.3, 0.4) is 0 Å². The lowest BCUT2D eigenvalue weighted by Gasteiger charge is -2.11. The van der Waals surface area contributed by atoms with E-state index in [-0.39, 0.29) is 0 Å². The minimum Gasteiger partial charge on any atom is -0.456 e. The summed E-state index contributed by atoms with van der Waals surface area (Å²) in [5.41, 5.74) is 31.9. The maximum absolute atomic E-state index is 6.71. The van der Waals surface area contributed by atoms with E-state index in [9.17, 15) is 0 Å². The molecule has 0 amide bonds. The molecule has 0 bridgehead atoms. The molecule has 6 heteroatoms. The Kier molecular flexibility index (Phi) is 14.9. The van der Waals surface area contributed by atoms with Crippen molar-refractivity contribution in [2.45, 2.75) is 0 Å². The fourth-order valence-electron chi connectivity index (χ4n) is 18.1. The Morgan fingerprint density at radius 1 is 0.140 bits per heavy atom. The average Bonchev–Trinajstić information content (AvgIpc) is 1.56. The molecule has 0 N–H and O–H groups in total. The minimum absolute atomic E-state index is 0.901. The van der Waals surface area contributed by atoms with E-state index in [4.69, 9.17) is 8.83 Å². The number of rotatable bonds is 10. The largest absolute Gasteiger partial charge is 0.456 e. The highest BCUT2D eigenvalue weighted by Crippen LogP contribution is 2.47. The third-order valence-corrected chi connectivity index (χ3v) is 23.5. The molecule has 0 spiro atoms. The highest BCUT2D eigenvalue weighted by Gasteiger charge is 2.24. The van der Waals surface area contributed by atoms with E-state index >= 15 is 0 Å². The Labute approximate surface area is 656 Å². The molecule has 114 heavy (non-hydrogen) atoms. The van der Waals surface area contributed by atoms with Gasteiger partial charge >= 0.3 is 0 Å². The predicted molar refractivity (Wildman–Crippen MR) is 477 cm³/mol. The number of aromatic nitrogens is 4. The van der Waals surface area contributed by atoms with Crippen molar-refractivity contribution in [3.8, 4) is 89.5 Å². The first-order valence-corrected chi connectivity index (χ1v) is 39.0. The molecule has 0 atom stereocenters. The van der Waals surface area contributed by atoms with E-state index < -0.39 is 0 Å². The molecule has 24 aromatic rings. The molecule has 24 rings (SSSR count). The fraction of sp³-hybridized carbons (Fsp3) is 0. The van der Waals surface area contributed by atoms with Crippen LogP contribution in [-0.2, 0) is 0 Å². The zero-order valence-corrected chi connectivity index (χ0v) is 61.9. The number of furan rings is 2. The van der Waals surface area contributed by atoms with Crippen LogP contribution >= 0.6 is 0 Å². The van der Waals surface area contributed by atoms with E-state index in [1.165, 1.54) is 127 Å². The van der Waals surface area contributed by atoms with Gasteiger partial charge in [-0.1, -0.05) is 267 Å². The first kappa shape index (κ1) is 64.7.